The van der Waals surface area contributed by atoms with Gasteiger partial charge >= 0.3 is 0 Å². The van der Waals surface area contributed by atoms with Crippen LogP contribution in [0.25, 0.3) is 11.1 Å². The van der Waals surface area contributed by atoms with Crippen molar-refractivity contribution >= 4 is 17.5 Å². The van der Waals surface area contributed by atoms with Crippen LogP contribution in [-0.4, -0.2) is 11.8 Å². The molecule has 0 aromatic heterocycles. The molecule has 4 atom stereocenters. The molecule has 118 valence electrons. The number of imide groups is 1. The van der Waals surface area contributed by atoms with E-state index in [1.807, 2.05) is 42.5 Å². The van der Waals surface area contributed by atoms with Crippen LogP contribution in [-0.2, 0) is 9.59 Å². The Morgan fingerprint density at radius 2 is 1.25 bits per heavy atom. The van der Waals surface area contributed by atoms with Crippen molar-refractivity contribution in [3.8, 4) is 11.1 Å². The van der Waals surface area contributed by atoms with Gasteiger partial charge in [0.2, 0.25) is 11.8 Å². The molecule has 1 saturated carbocycles. The Bertz CT molecular complexity index is 823. The summed E-state index contributed by atoms with van der Waals surface area (Å²) < 4.78 is 0. The summed E-state index contributed by atoms with van der Waals surface area (Å²) in [6.45, 7) is 0. The van der Waals surface area contributed by atoms with Gasteiger partial charge in [-0.15, -0.1) is 0 Å². The van der Waals surface area contributed by atoms with Gasteiger partial charge in [0, 0.05) is 0 Å². The highest BCUT2D eigenvalue weighted by molar-refractivity contribution is 6.22. The van der Waals surface area contributed by atoms with E-state index in [2.05, 4.69) is 24.3 Å². The third-order valence-electron chi connectivity index (χ3n) is 5.70. The van der Waals surface area contributed by atoms with E-state index in [4.69, 9.17) is 0 Å². The van der Waals surface area contributed by atoms with E-state index >= 15 is 0 Å². The Morgan fingerprint density at radius 1 is 0.708 bits per heavy atom. The van der Waals surface area contributed by atoms with E-state index < -0.39 is 0 Å². The van der Waals surface area contributed by atoms with E-state index in [0.717, 1.165) is 17.5 Å². The molecule has 3 aliphatic rings. The largest absolute Gasteiger partial charge is 0.274 e. The molecule has 2 amide bonds. The number of amides is 2. The minimum absolute atomic E-state index is 0.0192. The lowest BCUT2D eigenvalue weighted by atomic mass is 9.85. The second-order valence-corrected chi connectivity index (χ2v) is 6.92. The Kier molecular flexibility index (Phi) is 2.81. The summed E-state index contributed by atoms with van der Waals surface area (Å²) in [6, 6.07) is 17.8. The molecule has 0 spiro atoms. The molecule has 2 bridgehead atoms. The number of allylic oxidation sites excluding steroid dienone is 2. The van der Waals surface area contributed by atoms with E-state index in [-0.39, 0.29) is 35.5 Å². The number of fused-ring (bicyclic) bond motifs is 5. The first-order chi connectivity index (χ1) is 11.7. The van der Waals surface area contributed by atoms with Crippen LogP contribution < -0.4 is 4.90 Å². The maximum Gasteiger partial charge on any atom is 0.238 e. The van der Waals surface area contributed by atoms with Gasteiger partial charge in [0.05, 0.1) is 17.5 Å². The first-order valence-electron chi connectivity index (χ1n) is 8.45. The summed E-state index contributed by atoms with van der Waals surface area (Å²) in [7, 11) is 0. The van der Waals surface area contributed by atoms with Crippen LogP contribution in [0.4, 0.5) is 5.69 Å². The number of carbonyl (C=O) groups is 2. The van der Waals surface area contributed by atoms with Gasteiger partial charge in [-0.2, -0.15) is 0 Å². The minimum Gasteiger partial charge on any atom is -0.274 e. The normalized spacial score (nSPS) is 30.2. The molecular formula is C21H17NO2. The van der Waals surface area contributed by atoms with Gasteiger partial charge in [-0.05, 0) is 41.5 Å². The number of carbonyl (C=O) groups excluding carboxylic acids is 2. The van der Waals surface area contributed by atoms with E-state index in [0.29, 0.717) is 5.69 Å². The Hall–Kier alpha value is -2.68. The number of anilines is 1. The fourth-order valence-corrected chi connectivity index (χ4v) is 4.59. The predicted octanol–water partition coefficient (Wildman–Crippen LogP) is 3.67. The van der Waals surface area contributed by atoms with Gasteiger partial charge in [-0.1, -0.05) is 54.6 Å². The van der Waals surface area contributed by atoms with Gasteiger partial charge in [0.1, 0.15) is 0 Å². The molecule has 1 heterocycles. The van der Waals surface area contributed by atoms with Gasteiger partial charge in [0.25, 0.3) is 0 Å². The Morgan fingerprint density at radius 3 is 1.83 bits per heavy atom. The second kappa shape index (κ2) is 4.91. The standard InChI is InChI=1S/C21H17NO2/c23-20-18-15-6-7-16(12-15)19(18)21(24)22(20)17-10-8-14(9-11-17)13-4-2-1-3-5-13/h1-11,15-16,18-19H,12H2/t15-,16-,18-,19-/m0/s1. The zero-order valence-corrected chi connectivity index (χ0v) is 13.1. The summed E-state index contributed by atoms with van der Waals surface area (Å²) in [6.07, 6.45) is 5.21. The van der Waals surface area contributed by atoms with Crippen LogP contribution in [0.3, 0.4) is 0 Å². The zero-order valence-electron chi connectivity index (χ0n) is 13.1. The molecule has 1 aliphatic heterocycles. The minimum atomic E-state index is -0.138. The molecule has 3 heteroatoms. The number of nitrogens with zero attached hydrogens (tertiary/aromatic N) is 1. The third-order valence-corrected chi connectivity index (χ3v) is 5.70. The maximum atomic E-state index is 12.8. The topological polar surface area (TPSA) is 37.4 Å². The fraction of sp³-hybridized carbons (Fsp3) is 0.238. The quantitative estimate of drug-likeness (QED) is 0.626. The maximum absolute atomic E-state index is 12.8. The lowest BCUT2D eigenvalue weighted by Gasteiger charge is -2.17. The zero-order chi connectivity index (χ0) is 16.3. The van der Waals surface area contributed by atoms with Crippen LogP contribution in [0, 0.1) is 23.7 Å². The van der Waals surface area contributed by atoms with Crippen LogP contribution in [0.15, 0.2) is 66.7 Å². The fourth-order valence-electron chi connectivity index (χ4n) is 4.59. The van der Waals surface area contributed by atoms with Crippen molar-refractivity contribution < 1.29 is 9.59 Å². The first kappa shape index (κ1) is 13.7. The summed E-state index contributed by atoms with van der Waals surface area (Å²) in [5.41, 5.74) is 2.90. The number of hydrogen-bond donors (Lipinski definition) is 0. The molecule has 2 aliphatic carbocycles. The molecule has 5 rings (SSSR count). The molecule has 2 aromatic carbocycles. The Labute approximate surface area is 140 Å². The van der Waals surface area contributed by atoms with Crippen molar-refractivity contribution in [1.29, 1.82) is 0 Å². The van der Waals surface area contributed by atoms with Crippen molar-refractivity contribution in [1.82, 2.24) is 0 Å². The second-order valence-electron chi connectivity index (χ2n) is 6.92. The van der Waals surface area contributed by atoms with Gasteiger partial charge < -0.3 is 0 Å². The molecule has 0 N–H and O–H groups in total. The average Bonchev–Trinajstić information content (AvgIpc) is 3.30. The summed E-state index contributed by atoms with van der Waals surface area (Å²) in [5.74, 6) is 0.196. The van der Waals surface area contributed by atoms with Crippen molar-refractivity contribution in [2.75, 3.05) is 4.90 Å². The summed E-state index contributed by atoms with van der Waals surface area (Å²) in [5, 5.41) is 0. The lowest BCUT2D eigenvalue weighted by molar-refractivity contribution is -0.123. The molecule has 2 aromatic rings. The first-order valence-corrected chi connectivity index (χ1v) is 8.45. The number of benzene rings is 2. The van der Waals surface area contributed by atoms with Gasteiger partial charge in [-0.25, -0.2) is 0 Å². The highest BCUT2D eigenvalue weighted by Crippen LogP contribution is 2.53. The number of rotatable bonds is 2. The summed E-state index contributed by atoms with van der Waals surface area (Å²) in [4.78, 5) is 27.0. The third kappa shape index (κ3) is 1.78. The molecule has 0 radical (unpaired) electrons. The highest BCUT2D eigenvalue weighted by Gasteiger charge is 2.59. The van der Waals surface area contributed by atoms with Crippen molar-refractivity contribution in [2.24, 2.45) is 23.7 Å². The van der Waals surface area contributed by atoms with Crippen LogP contribution in [0.1, 0.15) is 6.42 Å². The monoisotopic (exact) mass is 315 g/mol. The van der Waals surface area contributed by atoms with Crippen LogP contribution in [0.5, 0.6) is 0 Å². The van der Waals surface area contributed by atoms with Crippen molar-refractivity contribution in [3.05, 3.63) is 66.7 Å². The van der Waals surface area contributed by atoms with Crippen molar-refractivity contribution in [2.45, 2.75) is 6.42 Å². The van der Waals surface area contributed by atoms with Gasteiger partial charge in [-0.3, -0.25) is 14.5 Å². The average molecular weight is 315 g/mol. The van der Waals surface area contributed by atoms with E-state index in [9.17, 15) is 9.59 Å². The molecule has 2 fully saturated rings. The molecular weight excluding hydrogens is 298 g/mol. The molecule has 24 heavy (non-hydrogen) atoms. The molecule has 1 saturated heterocycles. The molecule has 0 unspecified atom stereocenters. The SMILES string of the molecule is O=C1[C@@H]2[C@@H](C(=O)N1c1ccc(-c3ccccc3)cc1)[C@H]1C=C[C@H]2C1. The smallest absolute Gasteiger partial charge is 0.238 e. The highest BCUT2D eigenvalue weighted by atomic mass is 16.2. The predicted molar refractivity (Wildman–Crippen MR) is 92.1 cm³/mol. The van der Waals surface area contributed by atoms with E-state index in [1.54, 1.807) is 0 Å². The van der Waals surface area contributed by atoms with Crippen LogP contribution in [0.2, 0.25) is 0 Å². The summed E-state index contributed by atoms with van der Waals surface area (Å²) >= 11 is 0. The number of hydrogen-bond acceptors (Lipinski definition) is 2. The van der Waals surface area contributed by atoms with Gasteiger partial charge in [0.15, 0.2) is 0 Å². The lowest BCUT2D eigenvalue weighted by Crippen LogP contribution is -2.32. The van der Waals surface area contributed by atoms with E-state index in [1.165, 1.54) is 4.90 Å². The van der Waals surface area contributed by atoms with Crippen molar-refractivity contribution in [3.63, 3.8) is 0 Å². The van der Waals surface area contributed by atoms with Crippen LogP contribution >= 0.6 is 0 Å². The molecule has 3 nitrogen and oxygen atoms in total. The Balaban J connectivity index is 1.47.